The van der Waals surface area contributed by atoms with Gasteiger partial charge in [-0.15, -0.1) is 0 Å². The van der Waals surface area contributed by atoms with Gasteiger partial charge in [0.25, 0.3) is 5.91 Å². The average molecular weight is 251 g/mol. The van der Waals surface area contributed by atoms with E-state index in [1.54, 1.807) is 12.3 Å². The fourth-order valence-electron chi connectivity index (χ4n) is 1.41. The third kappa shape index (κ3) is 5.14. The first-order chi connectivity index (χ1) is 8.77. The van der Waals surface area contributed by atoms with E-state index in [4.69, 9.17) is 4.74 Å². The third-order valence-corrected chi connectivity index (χ3v) is 2.31. The number of rotatable bonds is 8. The maximum absolute atomic E-state index is 11.8. The van der Waals surface area contributed by atoms with Crippen LogP contribution in [0, 0.1) is 0 Å². The highest BCUT2D eigenvalue weighted by molar-refractivity contribution is 5.93. The molecule has 1 heterocycles. The molecule has 1 aromatic rings. The number of hydrogen-bond donors (Lipinski definition) is 2. The Bertz CT molecular complexity index is 369. The van der Waals surface area contributed by atoms with Gasteiger partial charge in [0, 0.05) is 31.6 Å². The Morgan fingerprint density at radius 1 is 1.39 bits per heavy atom. The molecule has 0 bridgehead atoms. The molecule has 0 saturated heterocycles. The SMILES string of the molecule is CCCNc1ccnc(C(=O)NCCOCC)c1. The minimum absolute atomic E-state index is 0.171. The molecule has 0 atom stereocenters. The van der Waals surface area contributed by atoms with E-state index < -0.39 is 0 Å². The summed E-state index contributed by atoms with van der Waals surface area (Å²) in [5, 5.41) is 5.98. The Balaban J connectivity index is 2.46. The summed E-state index contributed by atoms with van der Waals surface area (Å²) in [7, 11) is 0. The Morgan fingerprint density at radius 3 is 2.94 bits per heavy atom. The molecular weight excluding hydrogens is 230 g/mol. The van der Waals surface area contributed by atoms with Gasteiger partial charge >= 0.3 is 0 Å². The Kier molecular flexibility index (Phi) is 6.79. The smallest absolute Gasteiger partial charge is 0.270 e. The zero-order chi connectivity index (χ0) is 13.2. The summed E-state index contributed by atoms with van der Waals surface area (Å²) >= 11 is 0. The van der Waals surface area contributed by atoms with Crippen LogP contribution in [-0.2, 0) is 4.74 Å². The molecule has 0 radical (unpaired) electrons. The summed E-state index contributed by atoms with van der Waals surface area (Å²) in [5.74, 6) is -0.171. The molecular formula is C13H21N3O2. The number of carbonyl (C=O) groups excluding carboxylic acids is 1. The van der Waals surface area contributed by atoms with Crippen LogP contribution in [-0.4, -0.2) is 37.2 Å². The molecule has 0 aliphatic rings. The first-order valence-corrected chi connectivity index (χ1v) is 6.33. The lowest BCUT2D eigenvalue weighted by atomic mass is 10.3. The van der Waals surface area contributed by atoms with Crippen LogP contribution in [0.4, 0.5) is 5.69 Å². The second-order valence-corrected chi connectivity index (χ2v) is 3.81. The summed E-state index contributed by atoms with van der Waals surface area (Å²) in [6.07, 6.45) is 2.67. The molecule has 1 rings (SSSR count). The molecule has 0 saturated carbocycles. The van der Waals surface area contributed by atoms with E-state index in [-0.39, 0.29) is 5.91 Å². The Morgan fingerprint density at radius 2 is 2.22 bits per heavy atom. The van der Waals surface area contributed by atoms with Crippen LogP contribution in [0.5, 0.6) is 0 Å². The molecule has 5 nitrogen and oxygen atoms in total. The van der Waals surface area contributed by atoms with Gasteiger partial charge in [-0.3, -0.25) is 9.78 Å². The van der Waals surface area contributed by atoms with Crippen LogP contribution in [0.3, 0.4) is 0 Å². The summed E-state index contributed by atoms with van der Waals surface area (Å²) in [6.45, 7) is 6.58. The van der Waals surface area contributed by atoms with Crippen molar-refractivity contribution in [2.75, 3.05) is 31.6 Å². The van der Waals surface area contributed by atoms with E-state index in [9.17, 15) is 4.79 Å². The van der Waals surface area contributed by atoms with E-state index in [0.717, 1.165) is 18.7 Å². The quantitative estimate of drug-likeness (QED) is 0.690. The van der Waals surface area contributed by atoms with Crippen LogP contribution in [0.15, 0.2) is 18.3 Å². The molecule has 0 aromatic carbocycles. The molecule has 0 aliphatic carbocycles. The van der Waals surface area contributed by atoms with Crippen molar-refractivity contribution < 1.29 is 9.53 Å². The molecule has 100 valence electrons. The van der Waals surface area contributed by atoms with Crippen LogP contribution >= 0.6 is 0 Å². The van der Waals surface area contributed by atoms with E-state index in [1.807, 2.05) is 13.0 Å². The lowest BCUT2D eigenvalue weighted by Gasteiger charge is -2.07. The molecule has 0 aliphatic heterocycles. The summed E-state index contributed by atoms with van der Waals surface area (Å²) in [6, 6.07) is 3.61. The second-order valence-electron chi connectivity index (χ2n) is 3.81. The molecule has 0 spiro atoms. The highest BCUT2D eigenvalue weighted by atomic mass is 16.5. The van der Waals surface area contributed by atoms with Gasteiger partial charge in [-0.2, -0.15) is 0 Å². The molecule has 5 heteroatoms. The molecule has 0 fully saturated rings. The maximum atomic E-state index is 11.8. The van der Waals surface area contributed by atoms with Crippen LogP contribution < -0.4 is 10.6 Å². The van der Waals surface area contributed by atoms with Crippen molar-refractivity contribution in [1.82, 2.24) is 10.3 Å². The van der Waals surface area contributed by atoms with Gasteiger partial charge < -0.3 is 15.4 Å². The van der Waals surface area contributed by atoms with Crippen LogP contribution in [0.2, 0.25) is 0 Å². The summed E-state index contributed by atoms with van der Waals surface area (Å²) in [5.41, 5.74) is 1.34. The third-order valence-electron chi connectivity index (χ3n) is 2.31. The first-order valence-electron chi connectivity index (χ1n) is 6.33. The Hall–Kier alpha value is -1.62. The van der Waals surface area contributed by atoms with Crippen molar-refractivity contribution in [1.29, 1.82) is 0 Å². The zero-order valence-corrected chi connectivity index (χ0v) is 11.0. The Labute approximate surface area is 108 Å². The highest BCUT2D eigenvalue weighted by Crippen LogP contribution is 2.07. The number of pyridine rings is 1. The standard InChI is InChI=1S/C13H21N3O2/c1-3-6-14-11-5-7-15-12(10-11)13(17)16-8-9-18-4-2/h5,7,10H,3-4,6,8-9H2,1-2H3,(H,14,15)(H,16,17). The van der Waals surface area contributed by atoms with Crippen LogP contribution in [0.25, 0.3) is 0 Å². The van der Waals surface area contributed by atoms with Gasteiger partial charge in [0.05, 0.1) is 6.61 Å². The van der Waals surface area contributed by atoms with Crippen molar-refractivity contribution in [2.24, 2.45) is 0 Å². The topological polar surface area (TPSA) is 63.2 Å². The fraction of sp³-hybridized carbons (Fsp3) is 0.538. The predicted molar refractivity (Wildman–Crippen MR) is 71.8 cm³/mol. The normalized spacial score (nSPS) is 10.1. The largest absolute Gasteiger partial charge is 0.385 e. The lowest BCUT2D eigenvalue weighted by Crippen LogP contribution is -2.28. The maximum Gasteiger partial charge on any atom is 0.270 e. The number of aromatic nitrogens is 1. The molecule has 0 unspecified atom stereocenters. The molecule has 2 N–H and O–H groups in total. The van der Waals surface area contributed by atoms with Gasteiger partial charge in [-0.1, -0.05) is 6.92 Å². The molecule has 1 amide bonds. The zero-order valence-electron chi connectivity index (χ0n) is 11.0. The van der Waals surface area contributed by atoms with E-state index in [2.05, 4.69) is 22.5 Å². The van der Waals surface area contributed by atoms with Crippen molar-refractivity contribution in [3.05, 3.63) is 24.0 Å². The number of hydrogen-bond acceptors (Lipinski definition) is 4. The second kappa shape index (κ2) is 8.47. The van der Waals surface area contributed by atoms with Gasteiger partial charge in [-0.25, -0.2) is 0 Å². The monoisotopic (exact) mass is 251 g/mol. The minimum atomic E-state index is -0.171. The van der Waals surface area contributed by atoms with E-state index >= 15 is 0 Å². The average Bonchev–Trinajstić information content (AvgIpc) is 2.41. The number of nitrogens with one attached hydrogen (secondary N) is 2. The van der Waals surface area contributed by atoms with E-state index in [0.29, 0.717) is 25.5 Å². The highest BCUT2D eigenvalue weighted by Gasteiger charge is 2.06. The van der Waals surface area contributed by atoms with Gasteiger partial charge in [0.2, 0.25) is 0 Å². The number of anilines is 1. The molecule has 18 heavy (non-hydrogen) atoms. The lowest BCUT2D eigenvalue weighted by molar-refractivity contribution is 0.0918. The molecule has 1 aromatic heterocycles. The number of ether oxygens (including phenoxy) is 1. The van der Waals surface area contributed by atoms with Crippen molar-refractivity contribution in [3.63, 3.8) is 0 Å². The minimum Gasteiger partial charge on any atom is -0.385 e. The number of carbonyl (C=O) groups is 1. The van der Waals surface area contributed by atoms with Gasteiger partial charge in [-0.05, 0) is 25.5 Å². The van der Waals surface area contributed by atoms with E-state index in [1.165, 1.54) is 0 Å². The van der Waals surface area contributed by atoms with Gasteiger partial charge in [0.1, 0.15) is 5.69 Å². The predicted octanol–water partition coefficient (Wildman–Crippen LogP) is 1.67. The van der Waals surface area contributed by atoms with Crippen molar-refractivity contribution in [3.8, 4) is 0 Å². The fourth-order valence-corrected chi connectivity index (χ4v) is 1.41. The summed E-state index contributed by atoms with van der Waals surface area (Å²) < 4.78 is 5.15. The number of nitrogens with zero attached hydrogens (tertiary/aromatic N) is 1. The van der Waals surface area contributed by atoms with Crippen LogP contribution in [0.1, 0.15) is 30.8 Å². The first kappa shape index (κ1) is 14.4. The number of amides is 1. The van der Waals surface area contributed by atoms with Crippen molar-refractivity contribution >= 4 is 11.6 Å². The van der Waals surface area contributed by atoms with Gasteiger partial charge in [0.15, 0.2) is 0 Å². The van der Waals surface area contributed by atoms with Crippen molar-refractivity contribution in [2.45, 2.75) is 20.3 Å². The summed E-state index contributed by atoms with van der Waals surface area (Å²) in [4.78, 5) is 15.8.